The molecule has 1 aromatic rings. The summed E-state index contributed by atoms with van der Waals surface area (Å²) in [5, 5.41) is 19.3. The van der Waals surface area contributed by atoms with Gasteiger partial charge in [-0.2, -0.15) is 0 Å². The van der Waals surface area contributed by atoms with Crippen LogP contribution < -0.4 is 9.47 Å². The van der Waals surface area contributed by atoms with Gasteiger partial charge in [-0.25, -0.2) is 0 Å². The Morgan fingerprint density at radius 2 is 1.94 bits per heavy atom. The molecule has 16 heavy (non-hydrogen) atoms. The Hall–Kier alpha value is -1.42. The normalized spacial score (nSPS) is 14.9. The van der Waals surface area contributed by atoms with Crippen molar-refractivity contribution in [2.45, 2.75) is 19.3 Å². The number of rotatable bonds is 2. The lowest BCUT2D eigenvalue weighted by atomic mass is 9.84. The van der Waals surface area contributed by atoms with Crippen LogP contribution >= 0.6 is 0 Å². The van der Waals surface area contributed by atoms with E-state index in [1.165, 1.54) is 0 Å². The van der Waals surface area contributed by atoms with Crippen molar-refractivity contribution in [3.8, 4) is 17.2 Å². The smallest absolute Gasteiger partial charge is 0.168 e. The number of hydrogen-bond donors (Lipinski definition) is 2. The highest BCUT2D eigenvalue weighted by Gasteiger charge is 2.31. The van der Waals surface area contributed by atoms with Crippen LogP contribution in [-0.4, -0.2) is 30.0 Å². The molecule has 0 saturated heterocycles. The first-order chi connectivity index (χ1) is 7.56. The number of ether oxygens (including phenoxy) is 2. The molecule has 4 nitrogen and oxygen atoms in total. The molecule has 4 heteroatoms. The first-order valence-corrected chi connectivity index (χ1v) is 5.29. The van der Waals surface area contributed by atoms with Gasteiger partial charge in [0.1, 0.15) is 19.0 Å². The van der Waals surface area contributed by atoms with Crippen molar-refractivity contribution in [2.75, 3.05) is 19.8 Å². The van der Waals surface area contributed by atoms with Crippen molar-refractivity contribution in [3.05, 3.63) is 17.7 Å². The van der Waals surface area contributed by atoms with E-state index in [-0.39, 0.29) is 12.4 Å². The lowest BCUT2D eigenvalue weighted by molar-refractivity contribution is 0.159. The summed E-state index contributed by atoms with van der Waals surface area (Å²) < 4.78 is 11.0. The first kappa shape index (κ1) is 11.1. The van der Waals surface area contributed by atoms with Gasteiger partial charge in [0.25, 0.3) is 0 Å². The van der Waals surface area contributed by atoms with Gasteiger partial charge in [0.15, 0.2) is 11.5 Å². The average molecular weight is 224 g/mol. The van der Waals surface area contributed by atoms with Crippen molar-refractivity contribution in [2.24, 2.45) is 0 Å². The highest BCUT2D eigenvalue weighted by atomic mass is 16.6. The molecule has 0 fully saturated rings. The van der Waals surface area contributed by atoms with Crippen LogP contribution in [0.3, 0.4) is 0 Å². The van der Waals surface area contributed by atoms with Gasteiger partial charge in [0.2, 0.25) is 0 Å². The lowest BCUT2D eigenvalue weighted by Gasteiger charge is -2.29. The molecular formula is C12H16O4. The van der Waals surface area contributed by atoms with Crippen LogP contribution in [0.4, 0.5) is 0 Å². The van der Waals surface area contributed by atoms with Crippen LogP contribution in [0.2, 0.25) is 0 Å². The van der Waals surface area contributed by atoms with Crippen molar-refractivity contribution in [1.29, 1.82) is 0 Å². The van der Waals surface area contributed by atoms with Crippen molar-refractivity contribution in [1.82, 2.24) is 0 Å². The Kier molecular flexibility index (Phi) is 2.68. The molecule has 0 amide bonds. The molecule has 1 heterocycles. The van der Waals surface area contributed by atoms with Gasteiger partial charge in [-0.15, -0.1) is 0 Å². The van der Waals surface area contributed by atoms with Gasteiger partial charge in [-0.1, -0.05) is 13.8 Å². The minimum atomic E-state index is -0.559. The molecule has 0 aromatic heterocycles. The average Bonchev–Trinajstić information content (AvgIpc) is 2.28. The van der Waals surface area contributed by atoms with Crippen LogP contribution in [0, 0.1) is 0 Å². The zero-order chi connectivity index (χ0) is 11.8. The predicted octanol–water partition coefficient (Wildman–Crippen LogP) is 1.43. The van der Waals surface area contributed by atoms with Crippen LogP contribution in [0.1, 0.15) is 19.4 Å². The van der Waals surface area contributed by atoms with Gasteiger partial charge in [0.05, 0.1) is 6.61 Å². The Morgan fingerprint density at radius 1 is 1.25 bits per heavy atom. The molecule has 0 unspecified atom stereocenters. The van der Waals surface area contributed by atoms with E-state index in [2.05, 4.69) is 0 Å². The molecule has 0 atom stereocenters. The van der Waals surface area contributed by atoms with Crippen molar-refractivity contribution in [3.63, 3.8) is 0 Å². The largest absolute Gasteiger partial charge is 0.508 e. The molecule has 0 spiro atoms. The standard InChI is InChI=1S/C12H16O4/c1-12(2,7-13)10-8(14)3-4-9-11(10)16-6-5-15-9/h3-4,13-14H,5-7H2,1-2H3. The third kappa shape index (κ3) is 1.69. The Bertz CT molecular complexity index is 398. The third-order valence-electron chi connectivity index (χ3n) is 2.76. The number of phenolic OH excluding ortho intramolecular Hbond substituents is 1. The molecule has 0 radical (unpaired) electrons. The van der Waals surface area contributed by atoms with E-state index in [1.54, 1.807) is 12.1 Å². The quantitative estimate of drug-likeness (QED) is 0.798. The summed E-state index contributed by atoms with van der Waals surface area (Å²) in [7, 11) is 0. The summed E-state index contributed by atoms with van der Waals surface area (Å²) in [5.41, 5.74) is 0.0445. The number of benzene rings is 1. The summed E-state index contributed by atoms with van der Waals surface area (Å²) in [6.07, 6.45) is 0. The van der Waals surface area contributed by atoms with Gasteiger partial charge in [-0.05, 0) is 12.1 Å². The summed E-state index contributed by atoms with van der Waals surface area (Å²) in [6.45, 7) is 4.60. The number of aromatic hydroxyl groups is 1. The summed E-state index contributed by atoms with van der Waals surface area (Å²) in [5.74, 6) is 1.30. The second-order valence-corrected chi connectivity index (χ2v) is 4.53. The Labute approximate surface area is 94.4 Å². The molecule has 2 rings (SSSR count). The topological polar surface area (TPSA) is 58.9 Å². The van der Waals surface area contributed by atoms with E-state index in [0.717, 1.165) is 0 Å². The minimum absolute atomic E-state index is 0.0691. The lowest BCUT2D eigenvalue weighted by Crippen LogP contribution is -2.26. The molecule has 1 aromatic carbocycles. The van der Waals surface area contributed by atoms with Crippen molar-refractivity contribution < 1.29 is 19.7 Å². The third-order valence-corrected chi connectivity index (χ3v) is 2.76. The van der Waals surface area contributed by atoms with Gasteiger partial charge >= 0.3 is 0 Å². The molecule has 2 N–H and O–H groups in total. The molecule has 0 aliphatic carbocycles. The summed E-state index contributed by atoms with van der Waals surface area (Å²) in [4.78, 5) is 0. The SMILES string of the molecule is CC(C)(CO)c1c(O)ccc2c1OCCO2. The minimum Gasteiger partial charge on any atom is -0.508 e. The van der Waals surface area contributed by atoms with E-state index in [4.69, 9.17) is 9.47 Å². The number of aliphatic hydroxyl groups is 1. The molecule has 1 aliphatic heterocycles. The number of phenols is 1. The monoisotopic (exact) mass is 224 g/mol. The van der Waals surface area contributed by atoms with Gasteiger partial charge in [-0.3, -0.25) is 0 Å². The second kappa shape index (κ2) is 3.87. The van der Waals surface area contributed by atoms with Crippen LogP contribution in [-0.2, 0) is 5.41 Å². The summed E-state index contributed by atoms with van der Waals surface area (Å²) in [6, 6.07) is 3.25. The highest BCUT2D eigenvalue weighted by molar-refractivity contribution is 5.57. The molecule has 0 saturated carbocycles. The molecule has 1 aliphatic rings. The van der Waals surface area contributed by atoms with Crippen molar-refractivity contribution >= 4 is 0 Å². The van der Waals surface area contributed by atoms with E-state index < -0.39 is 5.41 Å². The second-order valence-electron chi connectivity index (χ2n) is 4.53. The Balaban J connectivity index is 2.58. The zero-order valence-electron chi connectivity index (χ0n) is 9.49. The van der Waals surface area contributed by atoms with Gasteiger partial charge in [0, 0.05) is 11.0 Å². The Morgan fingerprint density at radius 3 is 2.62 bits per heavy atom. The fraction of sp³-hybridized carbons (Fsp3) is 0.500. The fourth-order valence-corrected chi connectivity index (χ4v) is 1.84. The zero-order valence-corrected chi connectivity index (χ0v) is 9.49. The maximum absolute atomic E-state index is 9.89. The molecule has 0 bridgehead atoms. The number of aliphatic hydroxyl groups excluding tert-OH is 1. The highest BCUT2D eigenvalue weighted by Crippen LogP contribution is 2.45. The molecular weight excluding hydrogens is 208 g/mol. The number of fused-ring (bicyclic) bond motifs is 1. The van der Waals surface area contributed by atoms with Crippen LogP contribution in [0.15, 0.2) is 12.1 Å². The van der Waals surface area contributed by atoms with Crippen LogP contribution in [0.25, 0.3) is 0 Å². The van der Waals surface area contributed by atoms with Gasteiger partial charge < -0.3 is 19.7 Å². The van der Waals surface area contributed by atoms with E-state index in [1.807, 2.05) is 13.8 Å². The first-order valence-electron chi connectivity index (χ1n) is 5.29. The van der Waals surface area contributed by atoms with E-state index >= 15 is 0 Å². The maximum Gasteiger partial charge on any atom is 0.168 e. The van der Waals surface area contributed by atoms with E-state index in [0.29, 0.717) is 30.3 Å². The summed E-state index contributed by atoms with van der Waals surface area (Å²) >= 11 is 0. The fourth-order valence-electron chi connectivity index (χ4n) is 1.84. The maximum atomic E-state index is 9.89. The predicted molar refractivity (Wildman–Crippen MR) is 59.2 cm³/mol. The number of hydrogen-bond acceptors (Lipinski definition) is 4. The molecule has 88 valence electrons. The van der Waals surface area contributed by atoms with Crippen LogP contribution in [0.5, 0.6) is 17.2 Å². The van der Waals surface area contributed by atoms with E-state index in [9.17, 15) is 10.2 Å².